The third-order valence-electron chi connectivity index (χ3n) is 5.05. The minimum absolute atomic E-state index is 0.201. The second-order valence-corrected chi connectivity index (χ2v) is 7.38. The van der Waals surface area contributed by atoms with Gasteiger partial charge in [-0.3, -0.25) is 0 Å². The molecule has 2 N–H and O–H groups in total. The number of aromatic amines is 1. The largest absolute Gasteiger partial charge is 0.342 e. The van der Waals surface area contributed by atoms with Crippen LogP contribution in [0.25, 0.3) is 11.0 Å². The van der Waals surface area contributed by atoms with Crippen LogP contribution in [0, 0.1) is 12.7 Å². The zero-order valence-corrected chi connectivity index (χ0v) is 15.7. The smallest absolute Gasteiger partial charge is 0.321 e. The number of piperidine rings is 1. The van der Waals surface area contributed by atoms with Gasteiger partial charge in [0.05, 0.1) is 11.0 Å². The normalized spacial score (nSPS) is 15.3. The first-order valence-electron chi connectivity index (χ1n) is 8.97. The summed E-state index contributed by atoms with van der Waals surface area (Å²) in [6, 6.07) is 10.1. The van der Waals surface area contributed by atoms with E-state index in [9.17, 15) is 9.18 Å². The number of nitrogens with zero attached hydrogens (tertiary/aromatic N) is 2. The van der Waals surface area contributed by atoms with Crippen molar-refractivity contribution in [1.29, 1.82) is 0 Å². The summed E-state index contributed by atoms with van der Waals surface area (Å²) in [5.41, 5.74) is 2.86. The number of aromatic nitrogens is 2. The van der Waals surface area contributed by atoms with E-state index in [1.807, 2.05) is 18.2 Å². The standard InChI is InChI=1S/C20H20ClFN4O/c1-12-2-4-15(11-16(12)22)23-20(27)26-8-6-13(7-9-26)19-24-17-5-3-14(21)10-18(17)25-19/h2-5,10-11,13H,6-9H2,1H3,(H,23,27)(H,24,25). The number of imidazole rings is 1. The first-order valence-corrected chi connectivity index (χ1v) is 9.34. The van der Waals surface area contributed by atoms with Crippen LogP contribution in [0.3, 0.4) is 0 Å². The highest BCUT2D eigenvalue weighted by Gasteiger charge is 2.26. The maximum atomic E-state index is 13.6. The number of likely N-dealkylation sites (tertiary alicyclic amines) is 1. The summed E-state index contributed by atoms with van der Waals surface area (Å²) in [7, 11) is 0. The first kappa shape index (κ1) is 17.8. The quantitative estimate of drug-likeness (QED) is 0.645. The molecule has 5 nitrogen and oxygen atoms in total. The van der Waals surface area contributed by atoms with Gasteiger partial charge in [0.15, 0.2) is 0 Å². The molecular formula is C20H20ClFN4O. The molecule has 140 valence electrons. The number of hydrogen-bond donors (Lipinski definition) is 2. The minimum Gasteiger partial charge on any atom is -0.342 e. The number of halogens is 2. The summed E-state index contributed by atoms with van der Waals surface area (Å²) in [5, 5.41) is 3.45. The molecule has 3 aromatic rings. The van der Waals surface area contributed by atoms with E-state index in [1.165, 1.54) is 6.07 Å². The number of benzene rings is 2. The van der Waals surface area contributed by atoms with Gasteiger partial charge in [0.2, 0.25) is 0 Å². The number of H-pyrrole nitrogens is 1. The number of hydrogen-bond acceptors (Lipinski definition) is 2. The van der Waals surface area contributed by atoms with E-state index in [0.29, 0.717) is 29.4 Å². The number of amides is 2. The number of aryl methyl sites for hydroxylation is 1. The van der Waals surface area contributed by atoms with Gasteiger partial charge in [-0.2, -0.15) is 0 Å². The molecule has 1 aromatic heterocycles. The molecule has 2 aromatic carbocycles. The van der Waals surface area contributed by atoms with Crippen LogP contribution in [-0.4, -0.2) is 34.0 Å². The van der Waals surface area contributed by atoms with Gasteiger partial charge in [-0.25, -0.2) is 14.2 Å². The molecule has 4 rings (SSSR count). The zero-order chi connectivity index (χ0) is 19.0. The summed E-state index contributed by atoms with van der Waals surface area (Å²) in [5.74, 6) is 0.890. The van der Waals surface area contributed by atoms with Crippen molar-refractivity contribution in [2.75, 3.05) is 18.4 Å². The van der Waals surface area contributed by atoms with Crippen LogP contribution >= 0.6 is 11.6 Å². The van der Waals surface area contributed by atoms with Crippen LogP contribution in [0.4, 0.5) is 14.9 Å². The van der Waals surface area contributed by atoms with Crippen LogP contribution in [0.5, 0.6) is 0 Å². The van der Waals surface area contributed by atoms with Crippen molar-refractivity contribution in [2.45, 2.75) is 25.7 Å². The highest BCUT2D eigenvalue weighted by Crippen LogP contribution is 2.29. The van der Waals surface area contributed by atoms with Crippen LogP contribution < -0.4 is 5.32 Å². The average molecular weight is 387 g/mol. The molecule has 1 aliphatic heterocycles. The lowest BCUT2D eigenvalue weighted by atomic mass is 9.96. The Morgan fingerprint density at radius 3 is 2.78 bits per heavy atom. The second-order valence-electron chi connectivity index (χ2n) is 6.94. The molecule has 0 bridgehead atoms. The number of anilines is 1. The molecule has 27 heavy (non-hydrogen) atoms. The monoisotopic (exact) mass is 386 g/mol. The molecule has 0 saturated carbocycles. The molecule has 1 aliphatic rings. The molecule has 1 fully saturated rings. The molecule has 0 unspecified atom stereocenters. The first-order chi connectivity index (χ1) is 13.0. The van der Waals surface area contributed by atoms with Gasteiger partial charge in [0.25, 0.3) is 0 Å². The number of nitrogens with one attached hydrogen (secondary N) is 2. The Kier molecular flexibility index (Phi) is 4.74. The van der Waals surface area contributed by atoms with Crippen LogP contribution in [0.2, 0.25) is 5.02 Å². The highest BCUT2D eigenvalue weighted by atomic mass is 35.5. The van der Waals surface area contributed by atoms with Crippen molar-refractivity contribution >= 4 is 34.4 Å². The zero-order valence-electron chi connectivity index (χ0n) is 14.9. The summed E-state index contributed by atoms with van der Waals surface area (Å²) in [6.45, 7) is 2.95. The molecule has 2 amide bonds. The number of carbonyl (C=O) groups excluding carboxylic acids is 1. The van der Waals surface area contributed by atoms with Crippen LogP contribution in [0.15, 0.2) is 36.4 Å². The molecule has 0 radical (unpaired) electrons. The van der Waals surface area contributed by atoms with Gasteiger partial charge < -0.3 is 15.2 Å². The fourth-order valence-electron chi connectivity index (χ4n) is 3.42. The van der Waals surface area contributed by atoms with Crippen molar-refractivity contribution in [2.24, 2.45) is 0 Å². The molecule has 0 aliphatic carbocycles. The lowest BCUT2D eigenvalue weighted by Crippen LogP contribution is -2.40. The predicted molar refractivity (Wildman–Crippen MR) is 105 cm³/mol. The van der Waals surface area contributed by atoms with Crippen molar-refractivity contribution in [1.82, 2.24) is 14.9 Å². The molecule has 0 spiro atoms. The predicted octanol–water partition coefficient (Wildman–Crippen LogP) is 5.08. The summed E-state index contributed by atoms with van der Waals surface area (Å²) in [6.07, 6.45) is 1.65. The van der Waals surface area contributed by atoms with Crippen LogP contribution in [-0.2, 0) is 0 Å². The van der Waals surface area contributed by atoms with Gasteiger partial charge in [-0.05, 0) is 55.7 Å². The van der Waals surface area contributed by atoms with Crippen molar-refractivity contribution in [3.63, 3.8) is 0 Å². The fourth-order valence-corrected chi connectivity index (χ4v) is 3.60. The molecule has 0 atom stereocenters. The Morgan fingerprint density at radius 2 is 2.04 bits per heavy atom. The summed E-state index contributed by atoms with van der Waals surface area (Å²) >= 11 is 6.03. The van der Waals surface area contributed by atoms with Gasteiger partial charge >= 0.3 is 6.03 Å². The van der Waals surface area contributed by atoms with Crippen molar-refractivity contribution < 1.29 is 9.18 Å². The highest BCUT2D eigenvalue weighted by molar-refractivity contribution is 6.31. The minimum atomic E-state index is -0.323. The summed E-state index contributed by atoms with van der Waals surface area (Å²) in [4.78, 5) is 22.2. The van der Waals surface area contributed by atoms with E-state index in [0.717, 1.165) is 29.7 Å². The van der Waals surface area contributed by atoms with E-state index in [1.54, 1.807) is 24.0 Å². The number of carbonyl (C=O) groups is 1. The lowest BCUT2D eigenvalue weighted by molar-refractivity contribution is 0.193. The lowest BCUT2D eigenvalue weighted by Gasteiger charge is -2.31. The number of fused-ring (bicyclic) bond motifs is 1. The maximum absolute atomic E-state index is 13.6. The SMILES string of the molecule is Cc1ccc(NC(=O)N2CCC(c3nc4ccc(Cl)cc4[nH]3)CC2)cc1F. The molecular weight excluding hydrogens is 367 g/mol. The van der Waals surface area contributed by atoms with E-state index in [-0.39, 0.29) is 17.8 Å². The van der Waals surface area contributed by atoms with Crippen molar-refractivity contribution in [3.8, 4) is 0 Å². The third kappa shape index (κ3) is 3.76. The van der Waals surface area contributed by atoms with Gasteiger partial charge in [0, 0.05) is 29.7 Å². The number of rotatable bonds is 2. The second kappa shape index (κ2) is 7.19. The van der Waals surface area contributed by atoms with E-state index in [2.05, 4.69) is 15.3 Å². The Morgan fingerprint density at radius 1 is 1.26 bits per heavy atom. The Labute approximate surface area is 161 Å². The Balaban J connectivity index is 1.38. The third-order valence-corrected chi connectivity index (χ3v) is 5.29. The van der Waals surface area contributed by atoms with E-state index < -0.39 is 0 Å². The Hall–Kier alpha value is -2.60. The van der Waals surface area contributed by atoms with Crippen LogP contribution in [0.1, 0.15) is 30.1 Å². The van der Waals surface area contributed by atoms with Gasteiger partial charge in [-0.1, -0.05) is 17.7 Å². The molecule has 2 heterocycles. The fraction of sp³-hybridized carbons (Fsp3) is 0.300. The van der Waals surface area contributed by atoms with Gasteiger partial charge in [-0.15, -0.1) is 0 Å². The number of urea groups is 1. The molecule has 1 saturated heterocycles. The maximum Gasteiger partial charge on any atom is 0.321 e. The van der Waals surface area contributed by atoms with E-state index >= 15 is 0 Å². The van der Waals surface area contributed by atoms with Gasteiger partial charge in [0.1, 0.15) is 11.6 Å². The molecule has 7 heteroatoms. The average Bonchev–Trinajstić information content (AvgIpc) is 3.08. The Bertz CT molecular complexity index is 995. The van der Waals surface area contributed by atoms with Crippen molar-refractivity contribution in [3.05, 3.63) is 58.6 Å². The topological polar surface area (TPSA) is 61.0 Å². The summed E-state index contributed by atoms with van der Waals surface area (Å²) < 4.78 is 13.6. The van der Waals surface area contributed by atoms with E-state index in [4.69, 9.17) is 11.6 Å².